The fourth-order valence-corrected chi connectivity index (χ4v) is 5.96. The number of nitrogens with one attached hydrogen (secondary N) is 2. The van der Waals surface area contributed by atoms with Crippen molar-refractivity contribution in [2.45, 2.75) is 19.6 Å². The van der Waals surface area contributed by atoms with Gasteiger partial charge in [0, 0.05) is 68.9 Å². The number of aldehydes is 1. The molecule has 0 saturated carbocycles. The number of nitrogens with zero attached hydrogens (tertiary/aromatic N) is 7. The Morgan fingerprint density at radius 3 is 2.57 bits per heavy atom. The maximum atomic E-state index is 13.3. The molecule has 5 heterocycles. The maximum absolute atomic E-state index is 13.3. The minimum absolute atomic E-state index is 0.00394. The molecule has 0 unspecified atom stereocenters. The number of carbonyl (C=O) groups is 3. The summed E-state index contributed by atoms with van der Waals surface area (Å²) in [6, 6.07) is 4.28. The van der Waals surface area contributed by atoms with E-state index in [2.05, 4.69) is 30.5 Å². The van der Waals surface area contributed by atoms with Crippen molar-refractivity contribution in [3.8, 4) is 17.6 Å². The highest BCUT2D eigenvalue weighted by atomic mass is 35.5. The number of aromatic nitrogens is 3. The van der Waals surface area contributed by atoms with Crippen molar-refractivity contribution in [3.63, 3.8) is 0 Å². The molecular formula is C32H35Cl2N9O6. The summed E-state index contributed by atoms with van der Waals surface area (Å²) in [5, 5.41) is 15.5. The molecule has 2 saturated heterocycles. The summed E-state index contributed by atoms with van der Waals surface area (Å²) < 4.78 is 17.5. The number of anilines is 2. The second-order valence-corrected chi connectivity index (χ2v) is 12.2. The van der Waals surface area contributed by atoms with Gasteiger partial charge in [-0.1, -0.05) is 23.2 Å². The molecular weight excluding hydrogens is 677 g/mol. The van der Waals surface area contributed by atoms with E-state index in [0.717, 1.165) is 13.1 Å². The van der Waals surface area contributed by atoms with Crippen LogP contribution < -0.4 is 20.1 Å². The molecule has 0 radical (unpaired) electrons. The van der Waals surface area contributed by atoms with Gasteiger partial charge in [-0.05, 0) is 20.0 Å². The fourth-order valence-electron chi connectivity index (χ4n) is 5.29. The van der Waals surface area contributed by atoms with Crippen molar-refractivity contribution < 1.29 is 28.6 Å². The standard InChI is InChI=1S/C32H35Cl2N9O6/c1-20(30-23(33)15-36-16-24(30)34)49-26-12-28(37-14-22(26)13-35)39-32(46)40-31-27(48-10-7-42-5-8-47-9-6-42)11-21(25(19-44)38-31)17-43-4-3-41(2)18-29(43)45/h11-12,14-16,19-20H,3-10,17-18H2,1-2H3,(H2,37,38,39,40,46)/t20-/m1/s1. The van der Waals surface area contributed by atoms with Gasteiger partial charge in [-0.15, -0.1) is 0 Å². The van der Waals surface area contributed by atoms with E-state index in [9.17, 15) is 19.6 Å². The number of morpholine rings is 1. The predicted octanol–water partition coefficient (Wildman–Crippen LogP) is 3.63. The number of pyridine rings is 3. The zero-order chi connectivity index (χ0) is 34.9. The van der Waals surface area contributed by atoms with Gasteiger partial charge in [0.1, 0.15) is 41.6 Å². The molecule has 2 N–H and O–H groups in total. The van der Waals surface area contributed by atoms with Crippen LogP contribution in [0.2, 0.25) is 10.0 Å². The molecule has 3 aromatic heterocycles. The van der Waals surface area contributed by atoms with Gasteiger partial charge in [0.15, 0.2) is 17.9 Å². The van der Waals surface area contributed by atoms with Crippen molar-refractivity contribution in [1.29, 1.82) is 5.26 Å². The summed E-state index contributed by atoms with van der Waals surface area (Å²) in [7, 11) is 1.87. The molecule has 2 aliphatic rings. The summed E-state index contributed by atoms with van der Waals surface area (Å²) in [4.78, 5) is 56.4. The summed E-state index contributed by atoms with van der Waals surface area (Å²) in [6.45, 7) is 6.98. The van der Waals surface area contributed by atoms with Crippen molar-refractivity contribution in [1.82, 2.24) is 29.7 Å². The summed E-state index contributed by atoms with van der Waals surface area (Å²) >= 11 is 12.6. The van der Waals surface area contributed by atoms with Crippen LogP contribution in [0.5, 0.6) is 11.5 Å². The van der Waals surface area contributed by atoms with E-state index in [4.69, 9.17) is 37.4 Å². The average Bonchev–Trinajstić information content (AvgIpc) is 3.07. The van der Waals surface area contributed by atoms with Crippen LogP contribution in [0.15, 0.2) is 30.7 Å². The molecule has 0 aromatic carbocycles. The van der Waals surface area contributed by atoms with E-state index in [-0.39, 0.29) is 70.0 Å². The van der Waals surface area contributed by atoms with Gasteiger partial charge >= 0.3 is 6.03 Å². The van der Waals surface area contributed by atoms with E-state index >= 15 is 0 Å². The number of hydrogen-bond acceptors (Lipinski definition) is 12. The van der Waals surface area contributed by atoms with Crippen molar-refractivity contribution in [2.24, 2.45) is 0 Å². The van der Waals surface area contributed by atoms with Gasteiger partial charge < -0.3 is 19.1 Å². The SMILES string of the molecule is C[C@@H](Oc1cc(NC(=O)Nc2nc(C=O)c(CN3CCN(C)CC3=O)cc2OCCN2CCOCC2)ncc1C#N)c1c(Cl)cncc1Cl. The molecule has 17 heteroatoms. The number of urea groups is 1. The Morgan fingerprint density at radius 1 is 1.12 bits per heavy atom. The van der Waals surface area contributed by atoms with E-state index in [1.54, 1.807) is 17.9 Å². The van der Waals surface area contributed by atoms with Crippen molar-refractivity contribution in [3.05, 3.63) is 63.2 Å². The molecule has 2 aliphatic heterocycles. The minimum atomic E-state index is -0.749. The molecule has 49 heavy (non-hydrogen) atoms. The monoisotopic (exact) mass is 711 g/mol. The van der Waals surface area contributed by atoms with Crippen LogP contribution in [0.4, 0.5) is 16.4 Å². The quantitative estimate of drug-likeness (QED) is 0.262. The summed E-state index contributed by atoms with van der Waals surface area (Å²) in [5.41, 5.74) is 1.13. The lowest BCUT2D eigenvalue weighted by atomic mass is 10.1. The predicted molar refractivity (Wildman–Crippen MR) is 180 cm³/mol. The number of halogens is 2. The fraction of sp³-hybridized carbons (Fsp3) is 0.406. The van der Waals surface area contributed by atoms with Gasteiger partial charge in [-0.3, -0.25) is 35.0 Å². The summed E-state index contributed by atoms with van der Waals surface area (Å²) in [6.07, 6.45) is 4.01. The largest absolute Gasteiger partial charge is 0.488 e. The first-order valence-electron chi connectivity index (χ1n) is 15.5. The highest BCUT2D eigenvalue weighted by molar-refractivity contribution is 6.35. The van der Waals surface area contributed by atoms with Crippen LogP contribution in [0.25, 0.3) is 0 Å². The lowest BCUT2D eigenvalue weighted by molar-refractivity contribution is -0.136. The third-order valence-corrected chi connectivity index (χ3v) is 8.51. The first-order chi connectivity index (χ1) is 23.6. The van der Waals surface area contributed by atoms with E-state index in [1.807, 2.05) is 18.0 Å². The van der Waals surface area contributed by atoms with Crippen molar-refractivity contribution in [2.75, 3.05) is 76.8 Å². The first-order valence-corrected chi connectivity index (χ1v) is 16.2. The molecule has 5 rings (SSSR count). The van der Waals surface area contributed by atoms with E-state index in [1.165, 1.54) is 24.7 Å². The number of amides is 3. The molecule has 0 aliphatic carbocycles. The van der Waals surface area contributed by atoms with Crippen LogP contribution in [0.3, 0.4) is 0 Å². The van der Waals surface area contributed by atoms with E-state index < -0.39 is 12.1 Å². The van der Waals surface area contributed by atoms with E-state index in [0.29, 0.717) is 50.3 Å². The molecule has 2 fully saturated rings. The number of carbonyl (C=O) groups excluding carboxylic acids is 3. The average molecular weight is 713 g/mol. The minimum Gasteiger partial charge on any atom is -0.488 e. The molecule has 3 aromatic rings. The first kappa shape index (κ1) is 35.7. The number of piperazine rings is 1. The number of ether oxygens (including phenoxy) is 3. The highest BCUT2D eigenvalue weighted by Crippen LogP contribution is 2.34. The topological polar surface area (TPSA) is 175 Å². The second-order valence-electron chi connectivity index (χ2n) is 11.4. The molecule has 1 atom stereocenters. The Morgan fingerprint density at radius 2 is 1.88 bits per heavy atom. The zero-order valence-electron chi connectivity index (χ0n) is 26.9. The number of likely N-dealkylation sites (N-methyl/N-ethyl adjacent to an activating group) is 1. The highest BCUT2D eigenvalue weighted by Gasteiger charge is 2.25. The Bertz CT molecular complexity index is 1710. The third kappa shape index (κ3) is 9.31. The van der Waals surface area contributed by atoms with Gasteiger partial charge in [-0.25, -0.2) is 14.8 Å². The van der Waals surface area contributed by atoms with Gasteiger partial charge in [0.2, 0.25) is 5.91 Å². The number of nitriles is 1. The van der Waals surface area contributed by atoms with Crippen LogP contribution >= 0.6 is 23.2 Å². The Labute approximate surface area is 293 Å². The Kier molecular flexibility index (Phi) is 12.2. The van der Waals surface area contributed by atoms with Gasteiger partial charge in [0.25, 0.3) is 0 Å². The van der Waals surface area contributed by atoms with Crippen LogP contribution in [-0.4, -0.2) is 114 Å². The van der Waals surface area contributed by atoms with Gasteiger partial charge in [-0.2, -0.15) is 5.26 Å². The van der Waals surface area contributed by atoms with Crippen molar-refractivity contribution >= 4 is 53.1 Å². The second kappa shape index (κ2) is 16.7. The van der Waals surface area contributed by atoms with Crippen LogP contribution in [0.1, 0.15) is 40.2 Å². The lowest BCUT2D eigenvalue weighted by Crippen LogP contribution is -2.48. The molecule has 258 valence electrons. The zero-order valence-corrected chi connectivity index (χ0v) is 28.5. The lowest BCUT2D eigenvalue weighted by Gasteiger charge is -2.32. The van der Waals surface area contributed by atoms with Gasteiger partial charge in [0.05, 0.1) is 36.0 Å². The molecule has 15 nitrogen and oxygen atoms in total. The molecule has 0 spiro atoms. The maximum Gasteiger partial charge on any atom is 0.326 e. The Balaban J connectivity index is 1.34. The van der Waals surface area contributed by atoms with Crippen LogP contribution in [-0.2, 0) is 16.1 Å². The molecule has 0 bridgehead atoms. The number of hydrogen-bond donors (Lipinski definition) is 2. The smallest absolute Gasteiger partial charge is 0.326 e. The summed E-state index contributed by atoms with van der Waals surface area (Å²) in [5.74, 6) is 0.335. The third-order valence-electron chi connectivity index (χ3n) is 7.91. The van der Waals surface area contributed by atoms with Crippen LogP contribution in [0, 0.1) is 11.3 Å². The Hall–Kier alpha value is -4.59. The normalized spacial score (nSPS) is 16.1. The molecule has 3 amide bonds. The number of rotatable bonds is 12.